The van der Waals surface area contributed by atoms with Crippen molar-refractivity contribution in [3.05, 3.63) is 63.5 Å². The average Bonchev–Trinajstić information content (AvgIpc) is 2.89. The number of carbonyl (C=O) groups excluding carboxylic acids is 1. The lowest BCUT2D eigenvalue weighted by Crippen LogP contribution is -2.27. The first-order chi connectivity index (χ1) is 12.1. The van der Waals surface area contributed by atoms with E-state index in [-0.39, 0.29) is 5.91 Å². The number of carbonyl (C=O) groups is 1. The smallest absolute Gasteiger partial charge is 0.270 e. The quantitative estimate of drug-likeness (QED) is 0.450. The maximum absolute atomic E-state index is 12.7. The first-order valence-corrected chi connectivity index (χ1v) is 9.86. The molecule has 0 atom stereocenters. The van der Waals surface area contributed by atoms with Crippen LogP contribution in [0.15, 0.2) is 57.9 Å². The predicted octanol–water partition coefficient (Wildman–Crippen LogP) is 5.64. The Morgan fingerprint density at radius 3 is 2.48 bits per heavy atom. The van der Waals surface area contributed by atoms with Gasteiger partial charge in [-0.1, -0.05) is 59.0 Å². The van der Waals surface area contributed by atoms with Gasteiger partial charge in [-0.05, 0) is 54.5 Å². The van der Waals surface area contributed by atoms with Crippen LogP contribution in [0.2, 0.25) is 0 Å². The zero-order chi connectivity index (χ0) is 17.8. The number of thioether (sulfide) groups is 1. The standard InChI is InChI=1S/C19H16BrNO2S2/c1-2-11-23-16-9-3-13(4-10-16)12-17-18(22)21(19(24)25-17)15-7-5-14(20)6-8-15/h3-10,12H,2,11H2,1H3/b17-12+. The number of rotatable bonds is 5. The van der Waals surface area contributed by atoms with Crippen molar-refractivity contribution in [2.24, 2.45) is 0 Å². The largest absolute Gasteiger partial charge is 0.494 e. The summed E-state index contributed by atoms with van der Waals surface area (Å²) in [5, 5.41) is 0. The Kier molecular flexibility index (Phi) is 5.93. The average molecular weight is 434 g/mol. The Morgan fingerprint density at radius 1 is 1.16 bits per heavy atom. The van der Waals surface area contributed by atoms with Gasteiger partial charge in [-0.3, -0.25) is 9.69 Å². The lowest BCUT2D eigenvalue weighted by atomic mass is 10.2. The zero-order valence-corrected chi connectivity index (χ0v) is 16.8. The van der Waals surface area contributed by atoms with E-state index in [1.165, 1.54) is 11.8 Å². The first kappa shape index (κ1) is 18.2. The molecule has 2 aromatic carbocycles. The molecule has 3 rings (SSSR count). The lowest BCUT2D eigenvalue weighted by molar-refractivity contribution is -0.113. The fourth-order valence-electron chi connectivity index (χ4n) is 2.31. The second-order valence-corrected chi connectivity index (χ2v) is 8.00. The predicted molar refractivity (Wildman–Crippen MR) is 112 cm³/mol. The van der Waals surface area contributed by atoms with Crippen molar-refractivity contribution in [3.63, 3.8) is 0 Å². The summed E-state index contributed by atoms with van der Waals surface area (Å²) in [6.45, 7) is 2.77. The van der Waals surface area contributed by atoms with E-state index < -0.39 is 0 Å². The van der Waals surface area contributed by atoms with Crippen LogP contribution in [0.3, 0.4) is 0 Å². The van der Waals surface area contributed by atoms with Gasteiger partial charge in [0.05, 0.1) is 17.2 Å². The maximum atomic E-state index is 12.7. The van der Waals surface area contributed by atoms with Crippen molar-refractivity contribution >= 4 is 61.9 Å². The molecule has 0 aliphatic carbocycles. The van der Waals surface area contributed by atoms with Crippen LogP contribution in [0.5, 0.6) is 5.75 Å². The van der Waals surface area contributed by atoms with Gasteiger partial charge in [-0.2, -0.15) is 0 Å². The van der Waals surface area contributed by atoms with Crippen LogP contribution < -0.4 is 9.64 Å². The number of thiocarbonyl (C=S) groups is 1. The molecule has 128 valence electrons. The van der Waals surface area contributed by atoms with Crippen LogP contribution >= 0.6 is 39.9 Å². The van der Waals surface area contributed by atoms with Crippen molar-refractivity contribution in [1.82, 2.24) is 0 Å². The Labute approximate surface area is 165 Å². The molecule has 1 saturated heterocycles. The minimum Gasteiger partial charge on any atom is -0.494 e. The van der Waals surface area contributed by atoms with Gasteiger partial charge in [-0.25, -0.2) is 0 Å². The zero-order valence-electron chi connectivity index (χ0n) is 13.6. The number of hydrogen-bond acceptors (Lipinski definition) is 4. The van der Waals surface area contributed by atoms with Gasteiger partial charge >= 0.3 is 0 Å². The molecule has 1 aliphatic heterocycles. The molecule has 25 heavy (non-hydrogen) atoms. The third-order valence-electron chi connectivity index (χ3n) is 3.53. The molecule has 0 bridgehead atoms. The summed E-state index contributed by atoms with van der Waals surface area (Å²) in [6, 6.07) is 15.2. The fraction of sp³-hybridized carbons (Fsp3) is 0.158. The number of halogens is 1. The molecule has 1 heterocycles. The van der Waals surface area contributed by atoms with Crippen molar-refractivity contribution in [1.29, 1.82) is 0 Å². The molecule has 0 aromatic heterocycles. The third kappa shape index (κ3) is 4.32. The Balaban J connectivity index is 1.79. The molecular formula is C19H16BrNO2S2. The highest BCUT2D eigenvalue weighted by Gasteiger charge is 2.33. The van der Waals surface area contributed by atoms with E-state index in [1.54, 1.807) is 4.90 Å². The minimum atomic E-state index is -0.0939. The number of ether oxygens (including phenoxy) is 1. The maximum Gasteiger partial charge on any atom is 0.270 e. The van der Waals surface area contributed by atoms with Gasteiger partial charge in [0.25, 0.3) is 5.91 Å². The molecule has 6 heteroatoms. The van der Waals surface area contributed by atoms with Crippen molar-refractivity contribution in [2.75, 3.05) is 11.5 Å². The van der Waals surface area contributed by atoms with Gasteiger partial charge in [0.2, 0.25) is 0 Å². The van der Waals surface area contributed by atoms with E-state index in [0.717, 1.165) is 27.9 Å². The first-order valence-electron chi connectivity index (χ1n) is 7.85. The Bertz CT molecular complexity index is 816. The summed E-state index contributed by atoms with van der Waals surface area (Å²) in [7, 11) is 0. The van der Waals surface area contributed by atoms with E-state index in [9.17, 15) is 4.79 Å². The number of hydrogen-bond donors (Lipinski definition) is 0. The van der Waals surface area contributed by atoms with Crippen LogP contribution in [-0.2, 0) is 4.79 Å². The van der Waals surface area contributed by atoms with E-state index in [0.29, 0.717) is 15.8 Å². The summed E-state index contributed by atoms with van der Waals surface area (Å²) in [6.07, 6.45) is 2.84. The van der Waals surface area contributed by atoms with Crippen molar-refractivity contribution < 1.29 is 9.53 Å². The summed E-state index contributed by atoms with van der Waals surface area (Å²) in [5.74, 6) is 0.741. The molecule has 0 saturated carbocycles. The topological polar surface area (TPSA) is 29.5 Å². The molecule has 0 N–H and O–H groups in total. The fourth-order valence-corrected chi connectivity index (χ4v) is 3.88. The second kappa shape index (κ2) is 8.17. The van der Waals surface area contributed by atoms with E-state index >= 15 is 0 Å². The van der Waals surface area contributed by atoms with Gasteiger partial charge < -0.3 is 4.74 Å². The van der Waals surface area contributed by atoms with Crippen LogP contribution in [-0.4, -0.2) is 16.8 Å². The molecule has 1 fully saturated rings. The highest BCUT2D eigenvalue weighted by atomic mass is 79.9. The van der Waals surface area contributed by atoms with Crippen LogP contribution in [0.1, 0.15) is 18.9 Å². The van der Waals surface area contributed by atoms with E-state index in [1.807, 2.05) is 54.6 Å². The number of anilines is 1. The summed E-state index contributed by atoms with van der Waals surface area (Å²) in [4.78, 5) is 14.9. The van der Waals surface area contributed by atoms with Gasteiger partial charge in [0, 0.05) is 4.47 Å². The van der Waals surface area contributed by atoms with Gasteiger partial charge in [-0.15, -0.1) is 0 Å². The number of benzene rings is 2. The van der Waals surface area contributed by atoms with Crippen molar-refractivity contribution in [2.45, 2.75) is 13.3 Å². The minimum absolute atomic E-state index is 0.0939. The highest BCUT2D eigenvalue weighted by Crippen LogP contribution is 2.36. The molecule has 0 spiro atoms. The van der Waals surface area contributed by atoms with Crippen LogP contribution in [0.4, 0.5) is 5.69 Å². The third-order valence-corrected chi connectivity index (χ3v) is 5.36. The van der Waals surface area contributed by atoms with E-state index in [4.69, 9.17) is 17.0 Å². The second-order valence-electron chi connectivity index (χ2n) is 5.41. The molecule has 0 unspecified atom stereocenters. The highest BCUT2D eigenvalue weighted by molar-refractivity contribution is 9.10. The summed E-state index contributed by atoms with van der Waals surface area (Å²) >= 11 is 10.1. The van der Waals surface area contributed by atoms with E-state index in [2.05, 4.69) is 22.9 Å². The SMILES string of the molecule is CCCOc1ccc(/C=C2/SC(=S)N(c3ccc(Br)cc3)C2=O)cc1. The number of amides is 1. The normalized spacial score (nSPS) is 15.9. The summed E-state index contributed by atoms with van der Waals surface area (Å²) < 4.78 is 7.08. The lowest BCUT2D eigenvalue weighted by Gasteiger charge is -2.14. The summed E-state index contributed by atoms with van der Waals surface area (Å²) in [5.41, 5.74) is 1.72. The molecule has 0 radical (unpaired) electrons. The molecular weight excluding hydrogens is 418 g/mol. The molecule has 3 nitrogen and oxygen atoms in total. The van der Waals surface area contributed by atoms with Gasteiger partial charge in [0.1, 0.15) is 5.75 Å². The van der Waals surface area contributed by atoms with Crippen molar-refractivity contribution in [3.8, 4) is 5.75 Å². The van der Waals surface area contributed by atoms with Crippen LogP contribution in [0.25, 0.3) is 6.08 Å². The number of nitrogens with zero attached hydrogens (tertiary/aromatic N) is 1. The Hall–Kier alpha value is -1.63. The van der Waals surface area contributed by atoms with Gasteiger partial charge in [0.15, 0.2) is 4.32 Å². The molecule has 1 aliphatic rings. The monoisotopic (exact) mass is 433 g/mol. The molecule has 1 amide bonds. The Morgan fingerprint density at radius 2 is 1.84 bits per heavy atom. The van der Waals surface area contributed by atoms with Crippen LogP contribution in [0, 0.1) is 0 Å². The molecule has 2 aromatic rings.